The molecule has 2 aromatic rings. The van der Waals surface area contributed by atoms with Gasteiger partial charge in [-0.15, -0.1) is 23.2 Å². The molecule has 2 aromatic carbocycles. The van der Waals surface area contributed by atoms with Gasteiger partial charge in [0, 0.05) is 11.3 Å². The van der Waals surface area contributed by atoms with E-state index in [1.165, 1.54) is 24.3 Å². The number of halogens is 6. The Morgan fingerprint density at radius 2 is 1.34 bits per heavy atom. The first-order valence-corrected chi connectivity index (χ1v) is 12.7. The Morgan fingerprint density at radius 1 is 0.829 bits per heavy atom. The van der Waals surface area contributed by atoms with Gasteiger partial charge in [-0.1, -0.05) is 52.5 Å². The van der Waals surface area contributed by atoms with E-state index < -0.39 is 37.7 Å². The van der Waals surface area contributed by atoms with Gasteiger partial charge in [-0.05, 0) is 61.4 Å². The van der Waals surface area contributed by atoms with E-state index in [4.69, 9.17) is 69.6 Å². The number of carbonyl (C=O) groups excluding carboxylic acids is 3. The van der Waals surface area contributed by atoms with Crippen LogP contribution in [0.3, 0.4) is 0 Å². The third-order valence-corrected chi connectivity index (χ3v) is 11.3. The molecule has 1 N–H and O–H groups in total. The molecule has 3 amide bonds. The van der Waals surface area contributed by atoms with Crippen molar-refractivity contribution in [3.63, 3.8) is 0 Å². The average molecular weight is 593 g/mol. The van der Waals surface area contributed by atoms with Crippen molar-refractivity contribution in [2.45, 2.75) is 27.9 Å². The zero-order chi connectivity index (χ0) is 25.7. The number of benzene rings is 2. The fraction of sp³-hybridized carbons (Fsp3) is 0.292. The minimum absolute atomic E-state index is 0.150. The minimum Gasteiger partial charge on any atom is -0.322 e. The van der Waals surface area contributed by atoms with Crippen molar-refractivity contribution < 1.29 is 14.4 Å². The van der Waals surface area contributed by atoms with E-state index in [-0.39, 0.29) is 21.7 Å². The predicted molar refractivity (Wildman–Crippen MR) is 140 cm³/mol. The van der Waals surface area contributed by atoms with Crippen LogP contribution < -0.4 is 10.2 Å². The van der Waals surface area contributed by atoms with Crippen LogP contribution in [0.25, 0.3) is 0 Å². The summed E-state index contributed by atoms with van der Waals surface area (Å²) in [6, 6.07) is 11.6. The number of aryl methyl sites for hydroxylation is 2. The molecule has 2 bridgehead atoms. The van der Waals surface area contributed by atoms with E-state index in [0.717, 1.165) is 16.0 Å². The van der Waals surface area contributed by atoms with Crippen LogP contribution in [0.15, 0.2) is 52.5 Å². The molecule has 1 saturated carbocycles. The first-order valence-electron chi connectivity index (χ1n) is 10.5. The van der Waals surface area contributed by atoms with Crippen LogP contribution in [-0.2, 0) is 9.59 Å². The lowest BCUT2D eigenvalue weighted by Crippen LogP contribution is -2.50. The monoisotopic (exact) mass is 590 g/mol. The summed E-state index contributed by atoms with van der Waals surface area (Å²) in [5, 5.41) is 2.53. The molecule has 1 saturated heterocycles. The van der Waals surface area contributed by atoms with E-state index in [2.05, 4.69) is 5.32 Å². The van der Waals surface area contributed by atoms with E-state index >= 15 is 0 Å². The number of nitrogens with zero attached hydrogens (tertiary/aromatic N) is 1. The fourth-order valence-corrected chi connectivity index (χ4v) is 7.96. The standard InChI is InChI=1S/C24H16Cl6N2O3/c1-10-3-6-13(9-11(10)2)31-19(33)12-4-7-14(8-5-12)32-20(34)15-16(21(32)35)23(28)18(26)17(25)22(15,27)24(23,29)30/h3-9,15-16H,1-2H3,(H,31,33)/t15-,16+,22-,23-/m1/s1. The molecular weight excluding hydrogens is 577 g/mol. The van der Waals surface area contributed by atoms with Crippen LogP contribution in [0.5, 0.6) is 0 Å². The highest BCUT2D eigenvalue weighted by atomic mass is 35.5. The van der Waals surface area contributed by atoms with E-state index in [1.54, 1.807) is 0 Å². The molecule has 11 heteroatoms. The van der Waals surface area contributed by atoms with Crippen molar-refractivity contribution in [3.05, 3.63) is 69.2 Å². The number of allylic oxidation sites excluding steroid dienone is 2. The molecule has 0 spiro atoms. The number of hydrogen-bond acceptors (Lipinski definition) is 3. The van der Waals surface area contributed by atoms with Gasteiger partial charge in [0.2, 0.25) is 11.8 Å². The average Bonchev–Trinajstić information content (AvgIpc) is 3.20. The van der Waals surface area contributed by atoms with Gasteiger partial charge in [-0.2, -0.15) is 0 Å². The molecule has 1 aliphatic heterocycles. The van der Waals surface area contributed by atoms with Crippen LogP contribution in [0.1, 0.15) is 21.5 Å². The van der Waals surface area contributed by atoms with Gasteiger partial charge in [0.25, 0.3) is 5.91 Å². The molecule has 182 valence electrons. The van der Waals surface area contributed by atoms with Gasteiger partial charge in [-0.3, -0.25) is 14.4 Å². The number of amides is 3. The van der Waals surface area contributed by atoms with Crippen molar-refractivity contribution in [2.24, 2.45) is 11.8 Å². The number of fused-ring (bicyclic) bond motifs is 5. The summed E-state index contributed by atoms with van der Waals surface area (Å²) in [6.45, 7) is 3.94. The topological polar surface area (TPSA) is 66.5 Å². The first-order chi connectivity index (χ1) is 16.3. The van der Waals surface area contributed by atoms with Gasteiger partial charge in [0.05, 0.1) is 27.6 Å². The second-order valence-corrected chi connectivity index (χ2v) is 12.2. The number of hydrogen-bond donors (Lipinski definition) is 1. The normalized spacial score (nSPS) is 30.8. The number of alkyl halides is 4. The van der Waals surface area contributed by atoms with Crippen LogP contribution in [0.4, 0.5) is 11.4 Å². The fourth-order valence-electron chi connectivity index (χ4n) is 5.03. The first kappa shape index (κ1) is 25.2. The van der Waals surface area contributed by atoms with Gasteiger partial charge in [0.1, 0.15) is 9.75 Å². The van der Waals surface area contributed by atoms with Crippen molar-refractivity contribution in [3.8, 4) is 0 Å². The number of imide groups is 1. The Bertz CT molecular complexity index is 1310. The lowest BCUT2D eigenvalue weighted by molar-refractivity contribution is -0.123. The van der Waals surface area contributed by atoms with Crippen LogP contribution in [0, 0.1) is 25.7 Å². The molecule has 0 radical (unpaired) electrons. The Morgan fingerprint density at radius 3 is 1.83 bits per heavy atom. The Labute approximate surface area is 231 Å². The maximum absolute atomic E-state index is 13.4. The SMILES string of the molecule is Cc1ccc(NC(=O)c2ccc(N3C(=O)[C@@H]4[C@H](C3=O)[C@@]3(Cl)C(Cl)=C(Cl)[C@@]4(Cl)C3(Cl)Cl)cc2)cc1C. The lowest BCUT2D eigenvalue weighted by atomic mass is 9.84. The Hall–Kier alpha value is -1.47. The summed E-state index contributed by atoms with van der Waals surface area (Å²) in [4.78, 5) is 36.8. The van der Waals surface area contributed by atoms with Gasteiger partial charge in [0.15, 0.2) is 4.33 Å². The lowest BCUT2D eigenvalue weighted by Gasteiger charge is -2.34. The van der Waals surface area contributed by atoms with E-state index in [0.29, 0.717) is 11.3 Å². The molecular formula is C24H16Cl6N2O3. The maximum atomic E-state index is 13.4. The molecule has 3 aliphatic rings. The second-order valence-electron chi connectivity index (χ2n) is 8.89. The highest BCUT2D eigenvalue weighted by molar-refractivity contribution is 6.67. The number of rotatable bonds is 3. The number of anilines is 2. The predicted octanol–water partition coefficient (Wildman–Crippen LogP) is 6.51. The molecule has 1 heterocycles. The maximum Gasteiger partial charge on any atom is 0.255 e. The molecule has 0 aromatic heterocycles. The second kappa shape index (κ2) is 8.01. The highest BCUT2D eigenvalue weighted by Crippen LogP contribution is 2.77. The van der Waals surface area contributed by atoms with Gasteiger partial charge in [-0.25, -0.2) is 4.90 Å². The molecule has 2 aliphatic carbocycles. The zero-order valence-corrected chi connectivity index (χ0v) is 22.7. The number of carbonyl (C=O) groups is 3. The summed E-state index contributed by atoms with van der Waals surface area (Å²) >= 11 is 39.1. The summed E-state index contributed by atoms with van der Waals surface area (Å²) in [7, 11) is 0. The van der Waals surface area contributed by atoms with E-state index in [1.807, 2.05) is 32.0 Å². The molecule has 35 heavy (non-hydrogen) atoms. The van der Waals surface area contributed by atoms with Gasteiger partial charge < -0.3 is 5.32 Å². The van der Waals surface area contributed by atoms with Crippen molar-refractivity contribution in [1.82, 2.24) is 0 Å². The minimum atomic E-state index is -1.99. The summed E-state index contributed by atoms with van der Waals surface area (Å²) in [5.74, 6) is -4.08. The zero-order valence-electron chi connectivity index (χ0n) is 18.1. The van der Waals surface area contributed by atoms with Crippen LogP contribution in [-0.4, -0.2) is 31.8 Å². The van der Waals surface area contributed by atoms with Crippen molar-refractivity contribution in [2.75, 3.05) is 10.2 Å². The third-order valence-electron chi connectivity index (χ3n) is 7.06. The molecule has 2 fully saturated rings. The Kier molecular flexibility index (Phi) is 5.77. The third kappa shape index (κ3) is 3.06. The number of nitrogens with one attached hydrogen (secondary N) is 1. The molecule has 0 unspecified atom stereocenters. The van der Waals surface area contributed by atoms with Crippen molar-refractivity contribution in [1.29, 1.82) is 0 Å². The van der Waals surface area contributed by atoms with Crippen molar-refractivity contribution >= 4 is 98.7 Å². The van der Waals surface area contributed by atoms with Crippen LogP contribution in [0.2, 0.25) is 0 Å². The molecule has 5 nitrogen and oxygen atoms in total. The molecule has 5 rings (SSSR count). The largest absolute Gasteiger partial charge is 0.322 e. The quantitative estimate of drug-likeness (QED) is 0.326. The van der Waals surface area contributed by atoms with E-state index in [9.17, 15) is 14.4 Å². The summed E-state index contributed by atoms with van der Waals surface area (Å²) in [5.41, 5.74) is 3.38. The smallest absolute Gasteiger partial charge is 0.255 e. The summed E-state index contributed by atoms with van der Waals surface area (Å²) < 4.78 is -1.99. The molecule has 4 atom stereocenters. The van der Waals surface area contributed by atoms with Crippen LogP contribution >= 0.6 is 69.6 Å². The highest BCUT2D eigenvalue weighted by Gasteiger charge is 2.87. The van der Waals surface area contributed by atoms with Gasteiger partial charge >= 0.3 is 0 Å². The Balaban J connectivity index is 1.43. The summed E-state index contributed by atoms with van der Waals surface area (Å²) in [6.07, 6.45) is 0.